The molecule has 25 heavy (non-hydrogen) atoms. The molecule has 140 valence electrons. The normalized spacial score (nSPS) is 17.5. The lowest BCUT2D eigenvalue weighted by Crippen LogP contribution is -2.52. The van der Waals surface area contributed by atoms with Crippen LogP contribution in [0.2, 0.25) is 5.02 Å². The van der Waals surface area contributed by atoms with Crippen molar-refractivity contribution in [2.75, 3.05) is 19.6 Å². The third-order valence-corrected chi connectivity index (χ3v) is 6.51. The SMILES string of the molecule is CC(C)(CN)NC(=O)C1CCN(S(=O)(=O)c2ccc(F)c(Cl)c2)CC1. The van der Waals surface area contributed by atoms with Crippen molar-refractivity contribution in [1.82, 2.24) is 9.62 Å². The van der Waals surface area contributed by atoms with Crippen molar-refractivity contribution >= 4 is 27.5 Å². The molecule has 3 N–H and O–H groups in total. The molecule has 1 saturated heterocycles. The molecule has 1 aromatic rings. The first-order valence-corrected chi connectivity index (χ1v) is 9.86. The smallest absolute Gasteiger partial charge is 0.243 e. The Bertz CT molecular complexity index is 747. The van der Waals surface area contributed by atoms with Gasteiger partial charge in [-0.3, -0.25) is 4.79 Å². The number of hydrogen-bond donors (Lipinski definition) is 2. The summed E-state index contributed by atoms with van der Waals surface area (Å²) in [5, 5.41) is 2.65. The van der Waals surface area contributed by atoms with Crippen LogP contribution >= 0.6 is 11.6 Å². The summed E-state index contributed by atoms with van der Waals surface area (Å²) in [6, 6.07) is 3.33. The molecule has 0 aliphatic carbocycles. The molecule has 0 spiro atoms. The van der Waals surface area contributed by atoms with Crippen molar-refractivity contribution in [2.24, 2.45) is 11.7 Å². The van der Waals surface area contributed by atoms with Crippen molar-refractivity contribution in [1.29, 1.82) is 0 Å². The standard InChI is InChI=1S/C16H23ClFN3O3S/c1-16(2,10-19)20-15(22)11-5-7-21(8-6-11)25(23,24)12-3-4-14(18)13(17)9-12/h3-4,9,11H,5-8,10,19H2,1-2H3,(H,20,22). The Morgan fingerprint density at radius 3 is 2.52 bits per heavy atom. The third kappa shape index (κ3) is 4.69. The second kappa shape index (κ2) is 7.57. The van der Waals surface area contributed by atoms with E-state index in [9.17, 15) is 17.6 Å². The maximum Gasteiger partial charge on any atom is 0.243 e. The van der Waals surface area contributed by atoms with E-state index >= 15 is 0 Å². The molecule has 1 amide bonds. The van der Waals surface area contributed by atoms with E-state index in [1.807, 2.05) is 13.8 Å². The molecule has 1 aromatic carbocycles. The molecule has 1 heterocycles. The summed E-state index contributed by atoms with van der Waals surface area (Å²) in [5.41, 5.74) is 5.12. The van der Waals surface area contributed by atoms with E-state index in [4.69, 9.17) is 17.3 Å². The second-order valence-electron chi connectivity index (χ2n) is 6.83. The molecule has 0 aromatic heterocycles. The van der Waals surface area contributed by atoms with Crippen LogP contribution in [0.15, 0.2) is 23.1 Å². The average molecular weight is 392 g/mol. The van der Waals surface area contributed by atoms with E-state index < -0.39 is 21.4 Å². The van der Waals surface area contributed by atoms with Gasteiger partial charge in [0.2, 0.25) is 15.9 Å². The molecule has 2 rings (SSSR count). The van der Waals surface area contributed by atoms with Gasteiger partial charge < -0.3 is 11.1 Å². The monoisotopic (exact) mass is 391 g/mol. The number of rotatable bonds is 5. The Morgan fingerprint density at radius 2 is 2.00 bits per heavy atom. The van der Waals surface area contributed by atoms with E-state index in [0.29, 0.717) is 19.4 Å². The maximum atomic E-state index is 13.2. The van der Waals surface area contributed by atoms with Crippen molar-refractivity contribution in [2.45, 2.75) is 37.1 Å². The van der Waals surface area contributed by atoms with Crippen molar-refractivity contribution in [3.8, 4) is 0 Å². The van der Waals surface area contributed by atoms with E-state index in [1.165, 1.54) is 10.4 Å². The van der Waals surface area contributed by atoms with Gasteiger partial charge in [-0.25, -0.2) is 12.8 Å². The molecule has 6 nitrogen and oxygen atoms in total. The summed E-state index contributed by atoms with van der Waals surface area (Å²) < 4.78 is 39.8. The number of halogens is 2. The van der Waals surface area contributed by atoms with Crippen molar-refractivity contribution in [3.63, 3.8) is 0 Å². The first-order chi connectivity index (χ1) is 11.6. The number of amides is 1. The zero-order valence-electron chi connectivity index (χ0n) is 14.3. The lowest BCUT2D eigenvalue weighted by molar-refractivity contribution is -0.127. The number of hydrogen-bond acceptors (Lipinski definition) is 4. The van der Waals surface area contributed by atoms with Gasteiger partial charge in [0.1, 0.15) is 5.82 Å². The zero-order chi connectivity index (χ0) is 18.8. The fourth-order valence-corrected chi connectivity index (χ4v) is 4.37. The Kier molecular flexibility index (Phi) is 6.09. The molecule has 0 bridgehead atoms. The number of nitrogens with zero attached hydrogens (tertiary/aromatic N) is 1. The summed E-state index contributed by atoms with van der Waals surface area (Å²) in [5.74, 6) is -1.04. The molecule has 0 atom stereocenters. The number of piperidine rings is 1. The summed E-state index contributed by atoms with van der Waals surface area (Å²) in [6.45, 7) is 4.43. The lowest BCUT2D eigenvalue weighted by Gasteiger charge is -2.33. The van der Waals surface area contributed by atoms with Crippen LogP contribution in [0, 0.1) is 11.7 Å². The summed E-state index contributed by atoms with van der Waals surface area (Å²) in [6.07, 6.45) is 0.835. The molecule has 1 aliphatic rings. The maximum absolute atomic E-state index is 13.2. The number of carbonyl (C=O) groups excluding carboxylic acids is 1. The quantitative estimate of drug-likeness (QED) is 0.799. The van der Waals surface area contributed by atoms with Gasteiger partial charge in [-0.15, -0.1) is 0 Å². The summed E-state index contributed by atoms with van der Waals surface area (Å²) >= 11 is 5.68. The van der Waals surface area contributed by atoms with Crippen LogP contribution in [0.25, 0.3) is 0 Å². The fraction of sp³-hybridized carbons (Fsp3) is 0.562. The Morgan fingerprint density at radius 1 is 1.40 bits per heavy atom. The average Bonchev–Trinajstić information content (AvgIpc) is 2.57. The molecule has 1 aliphatic heterocycles. The van der Waals surface area contributed by atoms with Gasteiger partial charge in [-0.2, -0.15) is 4.31 Å². The minimum Gasteiger partial charge on any atom is -0.350 e. The molecule has 0 radical (unpaired) electrons. The fourth-order valence-electron chi connectivity index (χ4n) is 2.63. The number of nitrogens with one attached hydrogen (secondary N) is 1. The first kappa shape index (κ1) is 20.1. The topological polar surface area (TPSA) is 92.5 Å². The van der Waals surface area contributed by atoms with Gasteiger partial charge in [0.05, 0.1) is 9.92 Å². The lowest BCUT2D eigenvalue weighted by atomic mass is 9.95. The highest BCUT2D eigenvalue weighted by Crippen LogP contribution is 2.26. The predicted octanol–water partition coefficient (Wildman–Crippen LogP) is 1.73. The van der Waals surface area contributed by atoms with Crippen LogP contribution in [0.5, 0.6) is 0 Å². The predicted molar refractivity (Wildman–Crippen MR) is 94.2 cm³/mol. The first-order valence-electron chi connectivity index (χ1n) is 8.04. The van der Waals surface area contributed by atoms with Gasteiger partial charge in [-0.1, -0.05) is 11.6 Å². The van der Waals surface area contributed by atoms with Gasteiger partial charge in [-0.05, 0) is 44.9 Å². The summed E-state index contributed by atoms with van der Waals surface area (Å²) in [7, 11) is -3.76. The van der Waals surface area contributed by atoms with E-state index in [2.05, 4.69) is 5.32 Å². The van der Waals surface area contributed by atoms with Gasteiger partial charge in [0.25, 0.3) is 0 Å². The number of benzene rings is 1. The van der Waals surface area contributed by atoms with Gasteiger partial charge >= 0.3 is 0 Å². The Balaban J connectivity index is 2.03. The highest BCUT2D eigenvalue weighted by molar-refractivity contribution is 7.89. The van der Waals surface area contributed by atoms with Crippen LogP contribution < -0.4 is 11.1 Å². The van der Waals surface area contributed by atoms with E-state index in [-0.39, 0.29) is 34.8 Å². The van der Waals surface area contributed by atoms with Crippen LogP contribution in [0.4, 0.5) is 4.39 Å². The van der Waals surface area contributed by atoms with Crippen molar-refractivity contribution < 1.29 is 17.6 Å². The third-order valence-electron chi connectivity index (χ3n) is 4.33. The molecule has 9 heteroatoms. The highest BCUT2D eigenvalue weighted by Gasteiger charge is 2.33. The Labute approximate surface area is 152 Å². The summed E-state index contributed by atoms with van der Waals surface area (Å²) in [4.78, 5) is 12.2. The van der Waals surface area contributed by atoms with Gasteiger partial charge in [0, 0.05) is 31.1 Å². The van der Waals surface area contributed by atoms with Gasteiger partial charge in [0.15, 0.2) is 0 Å². The largest absolute Gasteiger partial charge is 0.350 e. The van der Waals surface area contributed by atoms with Crippen LogP contribution in [-0.4, -0.2) is 43.8 Å². The second-order valence-corrected chi connectivity index (χ2v) is 9.18. The minimum absolute atomic E-state index is 0.0499. The number of carbonyl (C=O) groups is 1. The van der Waals surface area contributed by atoms with Crippen LogP contribution in [-0.2, 0) is 14.8 Å². The highest BCUT2D eigenvalue weighted by atomic mass is 35.5. The Hall–Kier alpha value is -1.22. The van der Waals surface area contributed by atoms with E-state index in [0.717, 1.165) is 12.1 Å². The number of sulfonamides is 1. The van der Waals surface area contributed by atoms with E-state index in [1.54, 1.807) is 0 Å². The molecular formula is C16H23ClFN3O3S. The van der Waals surface area contributed by atoms with Crippen molar-refractivity contribution in [3.05, 3.63) is 29.0 Å². The minimum atomic E-state index is -3.76. The molecule has 0 saturated carbocycles. The van der Waals surface area contributed by atoms with Crippen LogP contribution in [0.1, 0.15) is 26.7 Å². The zero-order valence-corrected chi connectivity index (χ0v) is 15.8. The molecule has 1 fully saturated rings. The van der Waals surface area contributed by atoms with Crippen LogP contribution in [0.3, 0.4) is 0 Å². The number of nitrogens with two attached hydrogens (primary N) is 1. The molecule has 0 unspecified atom stereocenters. The molecular weight excluding hydrogens is 369 g/mol.